The zero-order valence-corrected chi connectivity index (χ0v) is 29.9. The molecule has 280 valence electrons. The van der Waals surface area contributed by atoms with Gasteiger partial charge in [-0.2, -0.15) is 9.97 Å². The van der Waals surface area contributed by atoms with E-state index in [0.29, 0.717) is 48.4 Å². The summed E-state index contributed by atoms with van der Waals surface area (Å²) < 4.78 is 68.0. The molecule has 0 aliphatic carbocycles. The molecule has 13 heteroatoms. The Morgan fingerprint density at radius 1 is 1.04 bits per heavy atom. The maximum absolute atomic E-state index is 17.4. The van der Waals surface area contributed by atoms with Crippen LogP contribution in [-0.2, 0) is 11.2 Å². The second-order valence-corrected chi connectivity index (χ2v) is 16.0. The van der Waals surface area contributed by atoms with Crippen LogP contribution in [0.1, 0.15) is 38.2 Å². The summed E-state index contributed by atoms with van der Waals surface area (Å²) in [5.41, 5.74) is 0.175. The van der Waals surface area contributed by atoms with E-state index < -0.39 is 23.3 Å². The Morgan fingerprint density at radius 2 is 1.91 bits per heavy atom. The van der Waals surface area contributed by atoms with Crippen molar-refractivity contribution >= 4 is 27.5 Å². The summed E-state index contributed by atoms with van der Waals surface area (Å²) in [7, 11) is 0. The average Bonchev–Trinajstić information content (AvgIpc) is 3.75. The van der Waals surface area contributed by atoms with Crippen LogP contribution in [0.3, 0.4) is 0 Å². The minimum atomic E-state index is -0.963. The first-order valence-corrected chi connectivity index (χ1v) is 19.2. The number of fused-ring (bicyclic) bond motifs is 7. The predicted molar refractivity (Wildman–Crippen MR) is 195 cm³/mol. The van der Waals surface area contributed by atoms with Gasteiger partial charge in [-0.25, -0.2) is 13.2 Å². The highest BCUT2D eigenvalue weighted by Gasteiger charge is 2.53. The Morgan fingerprint density at radius 3 is 2.75 bits per heavy atom. The minimum Gasteiger partial charge on any atom is -0.508 e. The molecule has 3 unspecified atom stereocenters. The average molecular weight is 731 g/mol. The second kappa shape index (κ2) is 12.9. The van der Waals surface area contributed by atoms with Crippen molar-refractivity contribution in [3.63, 3.8) is 0 Å². The number of phenolic OH excluding ortho intramolecular Hbond substituents is 1. The molecular formula is C40H45F3N6O4. The van der Waals surface area contributed by atoms with Crippen LogP contribution in [0.5, 0.6) is 17.5 Å². The third-order valence-electron chi connectivity index (χ3n) is 12.8. The van der Waals surface area contributed by atoms with Crippen LogP contribution < -0.4 is 19.7 Å². The lowest BCUT2D eigenvalue weighted by atomic mass is 9.90. The Bertz CT molecular complexity index is 2100. The van der Waals surface area contributed by atoms with Gasteiger partial charge in [0.2, 0.25) is 0 Å². The number of hydrogen-bond acceptors (Lipinski definition) is 10. The number of morpholine rings is 1. The molecule has 1 aromatic heterocycles. The zero-order chi connectivity index (χ0) is 36.0. The number of nitrogens with one attached hydrogen (secondary N) is 1. The molecule has 10 rings (SSSR count). The lowest BCUT2D eigenvalue weighted by molar-refractivity contribution is 0.0308. The third-order valence-corrected chi connectivity index (χ3v) is 12.8. The first-order chi connectivity index (χ1) is 25.8. The van der Waals surface area contributed by atoms with Crippen molar-refractivity contribution in [2.45, 2.75) is 68.9 Å². The van der Waals surface area contributed by atoms with Gasteiger partial charge in [-0.1, -0.05) is 25.1 Å². The van der Waals surface area contributed by atoms with Crippen molar-refractivity contribution in [2.24, 2.45) is 5.92 Å². The van der Waals surface area contributed by atoms with Crippen LogP contribution in [0.2, 0.25) is 0 Å². The van der Waals surface area contributed by atoms with Crippen molar-refractivity contribution in [3.8, 4) is 28.6 Å². The van der Waals surface area contributed by atoms with Gasteiger partial charge in [-0.15, -0.1) is 0 Å². The number of alkyl halides is 1. The van der Waals surface area contributed by atoms with Gasteiger partial charge in [0, 0.05) is 57.8 Å². The number of phenols is 1. The van der Waals surface area contributed by atoms with Gasteiger partial charge >= 0.3 is 6.01 Å². The van der Waals surface area contributed by atoms with E-state index in [2.05, 4.69) is 20.0 Å². The van der Waals surface area contributed by atoms with Crippen molar-refractivity contribution in [1.29, 1.82) is 0 Å². The molecule has 0 radical (unpaired) electrons. The molecule has 0 spiro atoms. The summed E-state index contributed by atoms with van der Waals surface area (Å²) in [6.45, 7) is 8.23. The molecule has 2 N–H and O–H groups in total. The smallest absolute Gasteiger partial charge is 0.319 e. The first-order valence-electron chi connectivity index (χ1n) is 19.2. The van der Waals surface area contributed by atoms with Crippen LogP contribution in [0.4, 0.5) is 19.0 Å². The van der Waals surface area contributed by atoms with Gasteiger partial charge in [-0.05, 0) is 65.6 Å². The van der Waals surface area contributed by atoms with Gasteiger partial charge in [0.25, 0.3) is 0 Å². The van der Waals surface area contributed by atoms with E-state index in [0.717, 1.165) is 64.2 Å². The molecule has 2 bridgehead atoms. The van der Waals surface area contributed by atoms with Crippen LogP contribution in [0.25, 0.3) is 32.8 Å². The van der Waals surface area contributed by atoms with Gasteiger partial charge in [0.15, 0.2) is 17.4 Å². The molecule has 0 saturated carbocycles. The van der Waals surface area contributed by atoms with Crippen molar-refractivity contribution in [1.82, 2.24) is 25.1 Å². The maximum atomic E-state index is 17.4. The molecule has 10 nitrogen and oxygen atoms in total. The predicted octanol–water partition coefficient (Wildman–Crippen LogP) is 5.21. The fraction of sp³-hybridized carbons (Fsp3) is 0.550. The van der Waals surface area contributed by atoms with E-state index in [9.17, 15) is 5.11 Å². The summed E-state index contributed by atoms with van der Waals surface area (Å²) in [6, 6.07) is 8.77. The van der Waals surface area contributed by atoms with E-state index >= 15 is 13.2 Å². The Labute approximate surface area is 306 Å². The zero-order valence-electron chi connectivity index (χ0n) is 29.9. The molecular weight excluding hydrogens is 685 g/mol. The minimum absolute atomic E-state index is 0.0234. The Balaban J connectivity index is 1.09. The molecule has 5 saturated heterocycles. The van der Waals surface area contributed by atoms with Crippen LogP contribution in [0.15, 0.2) is 30.3 Å². The molecule has 6 aliphatic heterocycles. The lowest BCUT2D eigenvalue weighted by Gasteiger charge is -2.40. The normalized spacial score (nSPS) is 29.7. The summed E-state index contributed by atoms with van der Waals surface area (Å²) in [5, 5.41) is 16.0. The second-order valence-electron chi connectivity index (χ2n) is 16.0. The highest BCUT2D eigenvalue weighted by molar-refractivity contribution is 6.05. The van der Waals surface area contributed by atoms with E-state index in [1.54, 1.807) is 6.07 Å². The Kier molecular flexibility index (Phi) is 8.16. The molecule has 4 aromatic rings. The largest absolute Gasteiger partial charge is 0.508 e. The Hall–Kier alpha value is -3.91. The van der Waals surface area contributed by atoms with Crippen LogP contribution in [-0.4, -0.2) is 120 Å². The molecule has 5 fully saturated rings. The highest BCUT2D eigenvalue weighted by atomic mass is 19.1. The number of anilines is 1. The number of hydrogen-bond donors (Lipinski definition) is 2. The van der Waals surface area contributed by atoms with Gasteiger partial charge in [0.05, 0.1) is 35.7 Å². The summed E-state index contributed by atoms with van der Waals surface area (Å²) in [4.78, 5) is 16.4. The number of aromatic hydroxyl groups is 1. The monoisotopic (exact) mass is 730 g/mol. The van der Waals surface area contributed by atoms with Crippen LogP contribution >= 0.6 is 0 Å². The third kappa shape index (κ3) is 5.52. The number of rotatable bonds is 7. The number of halogens is 3. The van der Waals surface area contributed by atoms with Gasteiger partial charge in [0.1, 0.15) is 36.5 Å². The summed E-state index contributed by atoms with van der Waals surface area (Å²) >= 11 is 0. The maximum Gasteiger partial charge on any atom is 0.319 e. The van der Waals surface area contributed by atoms with Crippen LogP contribution in [0, 0.1) is 17.6 Å². The number of ether oxygens (including phenoxy) is 3. The van der Waals surface area contributed by atoms with E-state index in [1.165, 1.54) is 6.07 Å². The fourth-order valence-electron chi connectivity index (χ4n) is 10.5. The fourth-order valence-corrected chi connectivity index (χ4v) is 10.5. The first kappa shape index (κ1) is 33.6. The molecule has 0 amide bonds. The quantitative estimate of drug-likeness (QED) is 0.264. The molecule has 6 aliphatic rings. The molecule has 6 atom stereocenters. The number of piperazine rings is 1. The summed E-state index contributed by atoms with van der Waals surface area (Å²) in [6.07, 6.45) is 2.72. The number of aromatic nitrogens is 2. The lowest BCUT2D eigenvalue weighted by Crippen LogP contribution is -2.60. The molecule has 53 heavy (non-hydrogen) atoms. The van der Waals surface area contributed by atoms with Crippen molar-refractivity contribution in [3.05, 3.63) is 47.5 Å². The highest BCUT2D eigenvalue weighted by Crippen LogP contribution is 2.49. The molecule has 3 aromatic carbocycles. The SMILES string of the molecule is CCc1cccc2cc(O)cc(-c3c(F)c4c5c(nc(OC[C@@]67C[C@@H](F)CN6C[C@@H](CN6CCOCC6)C7)nc5c3F)N3CC5CCC(N5)C3CO4)c12. The topological polar surface area (TPSA) is 95.5 Å². The standard InChI is InChI=1S/C40H45F3N6O4/c1-2-23-4-3-5-24-12-27(50)13-28(31(23)24)32-34(42)36-33-37(35(32)43)52-20-30-29-7-6-26(44-29)19-49(30)38(33)46-39(45-36)53-21-40-14-22(16-47-8-10-51-11-9-47)17-48(40)18-25(41)15-40/h3-5,12-13,22,25-26,29-30,44,50H,2,6-11,14-21H2,1H3/t22-,25-,26?,29?,30?,40-/m1/s1. The van der Waals surface area contributed by atoms with Crippen molar-refractivity contribution in [2.75, 3.05) is 70.6 Å². The van der Waals surface area contributed by atoms with Gasteiger partial charge in [-0.3, -0.25) is 9.80 Å². The number of nitrogens with zero attached hydrogens (tertiary/aromatic N) is 5. The molecule has 7 heterocycles. The van der Waals surface area contributed by atoms with E-state index in [4.69, 9.17) is 24.2 Å². The van der Waals surface area contributed by atoms with E-state index in [-0.39, 0.29) is 70.9 Å². The number of aryl methyl sites for hydroxylation is 1. The van der Waals surface area contributed by atoms with Crippen molar-refractivity contribution < 1.29 is 32.5 Å². The van der Waals surface area contributed by atoms with E-state index in [1.807, 2.05) is 25.1 Å². The van der Waals surface area contributed by atoms with Gasteiger partial charge < -0.3 is 29.5 Å². The summed E-state index contributed by atoms with van der Waals surface area (Å²) in [5.74, 6) is -1.18. The number of benzene rings is 3.